The first-order valence-electron chi connectivity index (χ1n) is 5.24. The van der Waals surface area contributed by atoms with E-state index in [-0.39, 0.29) is 11.8 Å². The number of hydrogen-bond donors (Lipinski definition) is 1. The summed E-state index contributed by atoms with van der Waals surface area (Å²) in [6.45, 7) is 1.61. The first-order valence-corrected chi connectivity index (χ1v) is 5.24. The SMILES string of the molecule is CON(C)C(=O)[C@@H](C)NC(=O)c1ccccc1. The Bertz CT molecular complexity index is 392. The van der Waals surface area contributed by atoms with Gasteiger partial charge in [-0.3, -0.25) is 14.4 Å². The van der Waals surface area contributed by atoms with E-state index < -0.39 is 6.04 Å². The minimum absolute atomic E-state index is 0.282. The lowest BCUT2D eigenvalue weighted by Crippen LogP contribution is -2.45. The lowest BCUT2D eigenvalue weighted by Gasteiger charge is -2.19. The van der Waals surface area contributed by atoms with Crippen molar-refractivity contribution in [3.8, 4) is 0 Å². The number of nitrogens with zero attached hydrogens (tertiary/aromatic N) is 1. The Kier molecular flexibility index (Phi) is 4.66. The van der Waals surface area contributed by atoms with Gasteiger partial charge in [0.2, 0.25) is 0 Å². The summed E-state index contributed by atoms with van der Waals surface area (Å²) in [6, 6.07) is 8.10. The zero-order valence-corrected chi connectivity index (χ0v) is 10.1. The predicted molar refractivity (Wildman–Crippen MR) is 63.1 cm³/mol. The molecule has 0 aliphatic heterocycles. The van der Waals surface area contributed by atoms with E-state index in [0.29, 0.717) is 5.56 Å². The summed E-state index contributed by atoms with van der Waals surface area (Å²) >= 11 is 0. The molecule has 0 aliphatic carbocycles. The molecule has 0 unspecified atom stereocenters. The molecule has 1 aromatic carbocycles. The molecule has 0 aromatic heterocycles. The minimum Gasteiger partial charge on any atom is -0.340 e. The zero-order valence-electron chi connectivity index (χ0n) is 10.1. The first-order chi connectivity index (χ1) is 8.06. The Balaban J connectivity index is 2.61. The van der Waals surface area contributed by atoms with Gasteiger partial charge in [-0.1, -0.05) is 18.2 Å². The molecule has 0 bridgehead atoms. The topological polar surface area (TPSA) is 58.6 Å². The maximum Gasteiger partial charge on any atom is 0.268 e. The average molecular weight is 236 g/mol. The molecule has 17 heavy (non-hydrogen) atoms. The molecule has 5 heteroatoms. The molecule has 1 N–H and O–H groups in total. The Labute approximate surface area is 100 Å². The summed E-state index contributed by atoms with van der Waals surface area (Å²) in [5, 5.41) is 3.68. The first kappa shape index (κ1) is 13.2. The van der Waals surface area contributed by atoms with E-state index in [4.69, 9.17) is 4.84 Å². The molecule has 2 amide bonds. The van der Waals surface area contributed by atoms with Crippen LogP contribution in [-0.4, -0.2) is 37.1 Å². The second-order valence-corrected chi connectivity index (χ2v) is 3.58. The maximum absolute atomic E-state index is 11.7. The fraction of sp³-hybridized carbons (Fsp3) is 0.333. The summed E-state index contributed by atoms with van der Waals surface area (Å²) < 4.78 is 0. The van der Waals surface area contributed by atoms with E-state index >= 15 is 0 Å². The van der Waals surface area contributed by atoms with Gasteiger partial charge in [-0.25, -0.2) is 5.06 Å². The maximum atomic E-state index is 11.7. The largest absolute Gasteiger partial charge is 0.340 e. The number of amides is 2. The molecular weight excluding hydrogens is 220 g/mol. The number of rotatable bonds is 4. The Hall–Kier alpha value is -1.88. The smallest absolute Gasteiger partial charge is 0.268 e. The van der Waals surface area contributed by atoms with Crippen LogP contribution in [-0.2, 0) is 9.63 Å². The Morgan fingerprint density at radius 2 is 1.88 bits per heavy atom. The minimum atomic E-state index is -0.632. The van der Waals surface area contributed by atoms with Crippen molar-refractivity contribution < 1.29 is 14.4 Å². The van der Waals surface area contributed by atoms with Crippen LogP contribution in [0, 0.1) is 0 Å². The third-order valence-corrected chi connectivity index (χ3v) is 2.34. The molecule has 0 spiro atoms. The van der Waals surface area contributed by atoms with Gasteiger partial charge in [0, 0.05) is 12.6 Å². The van der Waals surface area contributed by atoms with E-state index in [2.05, 4.69) is 5.32 Å². The monoisotopic (exact) mass is 236 g/mol. The van der Waals surface area contributed by atoms with Crippen molar-refractivity contribution in [3.63, 3.8) is 0 Å². The van der Waals surface area contributed by atoms with E-state index in [1.807, 2.05) is 6.07 Å². The fourth-order valence-corrected chi connectivity index (χ4v) is 1.29. The lowest BCUT2D eigenvalue weighted by molar-refractivity contribution is -0.170. The summed E-state index contributed by atoms with van der Waals surface area (Å²) in [6.07, 6.45) is 0. The number of likely N-dealkylation sites (N-methyl/N-ethyl adjacent to an activating group) is 1. The van der Waals surface area contributed by atoms with Crippen LogP contribution in [0.5, 0.6) is 0 Å². The van der Waals surface area contributed by atoms with Gasteiger partial charge < -0.3 is 5.32 Å². The molecule has 1 rings (SSSR count). The second kappa shape index (κ2) is 6.00. The highest BCUT2D eigenvalue weighted by atomic mass is 16.7. The van der Waals surface area contributed by atoms with Crippen molar-refractivity contribution in [2.75, 3.05) is 14.2 Å². The molecule has 0 radical (unpaired) electrons. The third kappa shape index (κ3) is 3.57. The highest BCUT2D eigenvalue weighted by molar-refractivity contribution is 5.97. The molecule has 0 heterocycles. The molecule has 0 fully saturated rings. The van der Waals surface area contributed by atoms with Crippen molar-refractivity contribution >= 4 is 11.8 Å². The molecular formula is C12H16N2O3. The van der Waals surface area contributed by atoms with E-state index in [1.54, 1.807) is 31.2 Å². The molecule has 0 saturated carbocycles. The van der Waals surface area contributed by atoms with Crippen LogP contribution < -0.4 is 5.32 Å². The van der Waals surface area contributed by atoms with E-state index in [1.165, 1.54) is 14.2 Å². The van der Waals surface area contributed by atoms with Crippen molar-refractivity contribution in [1.29, 1.82) is 0 Å². The quantitative estimate of drug-likeness (QED) is 0.787. The van der Waals surface area contributed by atoms with Crippen LogP contribution in [0.4, 0.5) is 0 Å². The van der Waals surface area contributed by atoms with Crippen molar-refractivity contribution in [2.45, 2.75) is 13.0 Å². The Morgan fingerprint density at radius 1 is 1.29 bits per heavy atom. The summed E-state index contributed by atoms with van der Waals surface area (Å²) in [4.78, 5) is 28.1. The normalized spacial score (nSPS) is 11.7. The standard InChI is InChI=1S/C12H16N2O3/c1-9(12(16)14(2)17-3)13-11(15)10-7-5-4-6-8-10/h4-9H,1-3H3,(H,13,15)/t9-/m1/s1. The third-order valence-electron chi connectivity index (χ3n) is 2.34. The summed E-state index contributed by atoms with van der Waals surface area (Å²) in [5.74, 6) is -0.590. The highest BCUT2D eigenvalue weighted by Gasteiger charge is 2.19. The van der Waals surface area contributed by atoms with Crippen LogP contribution in [0.1, 0.15) is 17.3 Å². The Morgan fingerprint density at radius 3 is 2.41 bits per heavy atom. The predicted octanol–water partition coefficient (Wildman–Crippen LogP) is 0.825. The van der Waals surface area contributed by atoms with Gasteiger partial charge in [-0.15, -0.1) is 0 Å². The van der Waals surface area contributed by atoms with Gasteiger partial charge >= 0.3 is 0 Å². The number of carbonyl (C=O) groups is 2. The molecule has 1 aromatic rings. The molecule has 0 saturated heterocycles. The lowest BCUT2D eigenvalue weighted by atomic mass is 10.2. The molecule has 5 nitrogen and oxygen atoms in total. The van der Waals surface area contributed by atoms with Crippen LogP contribution in [0.25, 0.3) is 0 Å². The van der Waals surface area contributed by atoms with Crippen molar-refractivity contribution in [1.82, 2.24) is 10.4 Å². The van der Waals surface area contributed by atoms with Gasteiger partial charge in [0.25, 0.3) is 11.8 Å². The zero-order chi connectivity index (χ0) is 12.8. The van der Waals surface area contributed by atoms with Crippen LogP contribution in [0.3, 0.4) is 0 Å². The number of hydroxylamine groups is 2. The second-order valence-electron chi connectivity index (χ2n) is 3.58. The number of hydrogen-bond acceptors (Lipinski definition) is 3. The average Bonchev–Trinajstić information content (AvgIpc) is 2.37. The van der Waals surface area contributed by atoms with Crippen LogP contribution >= 0.6 is 0 Å². The van der Waals surface area contributed by atoms with Crippen LogP contribution in [0.2, 0.25) is 0 Å². The van der Waals surface area contributed by atoms with Gasteiger partial charge in [0.05, 0.1) is 7.11 Å². The van der Waals surface area contributed by atoms with Gasteiger partial charge in [-0.2, -0.15) is 0 Å². The number of benzene rings is 1. The van der Waals surface area contributed by atoms with Gasteiger partial charge in [-0.05, 0) is 19.1 Å². The van der Waals surface area contributed by atoms with E-state index in [0.717, 1.165) is 5.06 Å². The summed E-state index contributed by atoms with van der Waals surface area (Å²) in [7, 11) is 2.89. The molecule has 92 valence electrons. The van der Waals surface area contributed by atoms with Crippen molar-refractivity contribution in [2.24, 2.45) is 0 Å². The number of nitrogens with one attached hydrogen (secondary N) is 1. The number of carbonyl (C=O) groups excluding carboxylic acids is 2. The molecule has 0 aliphatic rings. The fourth-order valence-electron chi connectivity index (χ4n) is 1.29. The molecule has 1 atom stereocenters. The summed E-state index contributed by atoms with van der Waals surface area (Å²) in [5.41, 5.74) is 0.521. The van der Waals surface area contributed by atoms with E-state index in [9.17, 15) is 9.59 Å². The van der Waals surface area contributed by atoms with Crippen molar-refractivity contribution in [3.05, 3.63) is 35.9 Å². The van der Waals surface area contributed by atoms with Crippen LogP contribution in [0.15, 0.2) is 30.3 Å². The van der Waals surface area contributed by atoms with Gasteiger partial charge in [0.1, 0.15) is 6.04 Å². The van der Waals surface area contributed by atoms with Gasteiger partial charge in [0.15, 0.2) is 0 Å². The highest BCUT2D eigenvalue weighted by Crippen LogP contribution is 2.00.